The summed E-state index contributed by atoms with van der Waals surface area (Å²) in [6, 6.07) is 8.66. The van der Waals surface area contributed by atoms with Crippen molar-refractivity contribution in [1.29, 1.82) is 0 Å². The van der Waals surface area contributed by atoms with E-state index in [0.717, 1.165) is 5.56 Å². The fourth-order valence-electron chi connectivity index (χ4n) is 2.23. The van der Waals surface area contributed by atoms with Crippen molar-refractivity contribution in [2.75, 3.05) is 6.61 Å². The van der Waals surface area contributed by atoms with Gasteiger partial charge >= 0.3 is 5.97 Å². The Hall–Kier alpha value is -2.08. The first-order valence-corrected chi connectivity index (χ1v) is 7.52. The Morgan fingerprint density at radius 1 is 1.35 bits per heavy atom. The standard InChI is InChI=1S/C16H23N3O4/c1-11(2)13(16(21)22)8-15(20)14(18-19-17)10-23-9-12-6-4-3-5-7-12/h3-7,11,13-15,20H,8-10H2,1-2H3,(H,21,22). The van der Waals surface area contributed by atoms with Gasteiger partial charge in [-0.1, -0.05) is 49.3 Å². The molecule has 0 radical (unpaired) electrons. The molecule has 7 nitrogen and oxygen atoms in total. The van der Waals surface area contributed by atoms with E-state index < -0.39 is 24.0 Å². The predicted molar refractivity (Wildman–Crippen MR) is 85.6 cm³/mol. The van der Waals surface area contributed by atoms with E-state index in [1.165, 1.54) is 0 Å². The molecule has 0 spiro atoms. The molecule has 0 aliphatic carbocycles. The second-order valence-electron chi connectivity index (χ2n) is 5.76. The molecule has 0 heterocycles. The fraction of sp³-hybridized carbons (Fsp3) is 0.562. The summed E-state index contributed by atoms with van der Waals surface area (Å²) in [7, 11) is 0. The van der Waals surface area contributed by atoms with Crippen molar-refractivity contribution >= 4 is 5.97 Å². The molecule has 1 rings (SSSR count). The van der Waals surface area contributed by atoms with Crippen LogP contribution in [-0.4, -0.2) is 34.9 Å². The Kier molecular flexibility index (Phi) is 8.11. The molecule has 3 atom stereocenters. The van der Waals surface area contributed by atoms with E-state index in [4.69, 9.17) is 10.3 Å². The minimum Gasteiger partial charge on any atom is -0.481 e. The number of aliphatic hydroxyl groups is 1. The maximum Gasteiger partial charge on any atom is 0.306 e. The molecule has 7 heteroatoms. The number of hydrogen-bond acceptors (Lipinski definition) is 4. The molecule has 0 aliphatic heterocycles. The zero-order valence-electron chi connectivity index (χ0n) is 13.4. The van der Waals surface area contributed by atoms with Gasteiger partial charge in [-0.15, -0.1) is 0 Å². The summed E-state index contributed by atoms with van der Waals surface area (Å²) in [4.78, 5) is 13.9. The third kappa shape index (κ3) is 6.69. The first-order valence-electron chi connectivity index (χ1n) is 7.52. The number of carbonyl (C=O) groups is 1. The Labute approximate surface area is 135 Å². The van der Waals surface area contributed by atoms with Crippen LogP contribution in [0.1, 0.15) is 25.8 Å². The highest BCUT2D eigenvalue weighted by Crippen LogP contribution is 2.20. The molecule has 2 N–H and O–H groups in total. The molecule has 0 aromatic heterocycles. The zero-order chi connectivity index (χ0) is 17.2. The second-order valence-corrected chi connectivity index (χ2v) is 5.76. The van der Waals surface area contributed by atoms with E-state index in [2.05, 4.69) is 10.0 Å². The molecule has 23 heavy (non-hydrogen) atoms. The van der Waals surface area contributed by atoms with Gasteiger partial charge in [-0.3, -0.25) is 4.79 Å². The minimum absolute atomic E-state index is 0.0192. The normalized spacial score (nSPS) is 14.8. The highest BCUT2D eigenvalue weighted by atomic mass is 16.5. The van der Waals surface area contributed by atoms with Crippen LogP contribution in [0.4, 0.5) is 0 Å². The molecule has 0 bridgehead atoms. The van der Waals surface area contributed by atoms with Crippen molar-refractivity contribution < 1.29 is 19.7 Å². The maximum atomic E-state index is 11.2. The lowest BCUT2D eigenvalue weighted by molar-refractivity contribution is -0.144. The van der Waals surface area contributed by atoms with Crippen LogP contribution in [0.5, 0.6) is 0 Å². The molecule has 1 aromatic rings. The monoisotopic (exact) mass is 321 g/mol. The lowest BCUT2D eigenvalue weighted by atomic mass is 9.88. The number of carboxylic acids is 1. The number of hydrogen-bond donors (Lipinski definition) is 2. The van der Waals surface area contributed by atoms with Crippen LogP contribution in [0.25, 0.3) is 10.4 Å². The SMILES string of the molecule is CC(C)C(CC(O)C(COCc1ccccc1)N=[N+]=[N-])C(=O)O. The van der Waals surface area contributed by atoms with E-state index in [1.807, 2.05) is 30.3 Å². The van der Waals surface area contributed by atoms with Gasteiger partial charge in [-0.2, -0.15) is 0 Å². The molecule has 0 amide bonds. The largest absolute Gasteiger partial charge is 0.481 e. The van der Waals surface area contributed by atoms with Gasteiger partial charge in [-0.25, -0.2) is 0 Å². The van der Waals surface area contributed by atoms with Crippen molar-refractivity contribution in [2.24, 2.45) is 17.0 Å². The fourth-order valence-corrected chi connectivity index (χ4v) is 2.23. The Balaban J connectivity index is 2.59. The third-order valence-electron chi connectivity index (χ3n) is 3.66. The van der Waals surface area contributed by atoms with E-state index in [1.54, 1.807) is 13.8 Å². The average Bonchev–Trinajstić information content (AvgIpc) is 2.52. The maximum absolute atomic E-state index is 11.2. The van der Waals surface area contributed by atoms with Crippen LogP contribution in [-0.2, 0) is 16.1 Å². The lowest BCUT2D eigenvalue weighted by Gasteiger charge is -2.23. The zero-order valence-corrected chi connectivity index (χ0v) is 13.4. The summed E-state index contributed by atoms with van der Waals surface area (Å²) >= 11 is 0. The van der Waals surface area contributed by atoms with Crippen LogP contribution < -0.4 is 0 Å². The molecule has 0 aliphatic rings. The van der Waals surface area contributed by atoms with Crippen molar-refractivity contribution in [1.82, 2.24) is 0 Å². The molecule has 1 aromatic carbocycles. The quantitative estimate of drug-likeness (QED) is 0.391. The number of rotatable bonds is 10. The average molecular weight is 321 g/mol. The highest BCUT2D eigenvalue weighted by molar-refractivity contribution is 5.70. The molecule has 0 saturated heterocycles. The van der Waals surface area contributed by atoms with E-state index in [-0.39, 0.29) is 18.9 Å². The number of carboxylic acid groups (broad SMARTS) is 1. The van der Waals surface area contributed by atoms with Gasteiger partial charge in [0.05, 0.1) is 31.3 Å². The number of ether oxygens (including phenoxy) is 1. The van der Waals surface area contributed by atoms with Crippen molar-refractivity contribution in [3.8, 4) is 0 Å². The van der Waals surface area contributed by atoms with Crippen LogP contribution in [0.15, 0.2) is 35.4 Å². The number of nitrogens with zero attached hydrogens (tertiary/aromatic N) is 3. The third-order valence-corrected chi connectivity index (χ3v) is 3.66. The summed E-state index contributed by atoms with van der Waals surface area (Å²) in [6.07, 6.45) is -1.05. The number of aliphatic hydroxyl groups excluding tert-OH is 1. The van der Waals surface area contributed by atoms with Gasteiger partial charge in [-0.05, 0) is 23.4 Å². The number of benzene rings is 1. The summed E-state index contributed by atoms with van der Waals surface area (Å²) < 4.78 is 5.49. The second kappa shape index (κ2) is 9.84. The van der Waals surface area contributed by atoms with Gasteiger partial charge in [0.15, 0.2) is 0 Å². The van der Waals surface area contributed by atoms with Gasteiger partial charge in [0.25, 0.3) is 0 Å². The van der Waals surface area contributed by atoms with Crippen molar-refractivity contribution in [3.63, 3.8) is 0 Å². The van der Waals surface area contributed by atoms with Gasteiger partial charge in [0, 0.05) is 4.91 Å². The summed E-state index contributed by atoms with van der Waals surface area (Å²) in [5.74, 6) is -1.79. The van der Waals surface area contributed by atoms with Crippen LogP contribution in [0, 0.1) is 11.8 Å². The van der Waals surface area contributed by atoms with E-state index in [0.29, 0.717) is 6.61 Å². The van der Waals surface area contributed by atoms with E-state index in [9.17, 15) is 15.0 Å². The van der Waals surface area contributed by atoms with Crippen LogP contribution >= 0.6 is 0 Å². The highest BCUT2D eigenvalue weighted by Gasteiger charge is 2.28. The predicted octanol–water partition coefficient (Wildman–Crippen LogP) is 2.99. The van der Waals surface area contributed by atoms with Gasteiger partial charge in [0.1, 0.15) is 0 Å². The topological polar surface area (TPSA) is 116 Å². The van der Waals surface area contributed by atoms with E-state index >= 15 is 0 Å². The Morgan fingerprint density at radius 3 is 2.52 bits per heavy atom. The number of aliphatic carboxylic acids is 1. The minimum atomic E-state index is -1.06. The molecule has 3 unspecified atom stereocenters. The molecule has 0 fully saturated rings. The number of azide groups is 1. The molecular weight excluding hydrogens is 298 g/mol. The van der Waals surface area contributed by atoms with Crippen molar-refractivity contribution in [3.05, 3.63) is 46.3 Å². The lowest BCUT2D eigenvalue weighted by Crippen LogP contribution is -2.34. The summed E-state index contributed by atoms with van der Waals surface area (Å²) in [5.41, 5.74) is 9.59. The van der Waals surface area contributed by atoms with Gasteiger partial charge in [0.2, 0.25) is 0 Å². The first-order chi connectivity index (χ1) is 11.0. The first kappa shape index (κ1) is 19.0. The summed E-state index contributed by atoms with van der Waals surface area (Å²) in [6.45, 7) is 3.92. The van der Waals surface area contributed by atoms with Crippen LogP contribution in [0.2, 0.25) is 0 Å². The molecule has 0 saturated carbocycles. The smallest absolute Gasteiger partial charge is 0.306 e. The van der Waals surface area contributed by atoms with Gasteiger partial charge < -0.3 is 14.9 Å². The molecule has 126 valence electrons. The van der Waals surface area contributed by atoms with Crippen LogP contribution in [0.3, 0.4) is 0 Å². The van der Waals surface area contributed by atoms with Crippen molar-refractivity contribution in [2.45, 2.75) is 39.0 Å². The Morgan fingerprint density at radius 2 is 2.00 bits per heavy atom. The summed E-state index contributed by atoms with van der Waals surface area (Å²) in [5, 5.41) is 22.9. The molecular formula is C16H23N3O4. The Bertz CT molecular complexity index is 529.